The molecule has 0 aliphatic heterocycles. The smallest absolute Gasteiger partial charge is 0.335 e. The molecule has 2 rings (SSSR count). The summed E-state index contributed by atoms with van der Waals surface area (Å²) in [5, 5.41) is 13.6. The summed E-state index contributed by atoms with van der Waals surface area (Å²) in [7, 11) is -3.34. The third kappa shape index (κ3) is 8.76. The topological polar surface area (TPSA) is 177 Å². The molecular formula is C25H32N3O9P. The number of ether oxygens (including phenoxy) is 1. The predicted molar refractivity (Wildman–Crippen MR) is 139 cm³/mol. The van der Waals surface area contributed by atoms with Crippen molar-refractivity contribution in [2.45, 2.75) is 45.3 Å². The molecular weight excluding hydrogens is 517 g/mol. The van der Waals surface area contributed by atoms with Crippen LogP contribution < -0.4 is 11.1 Å². The Labute approximate surface area is 220 Å². The molecule has 0 unspecified atom stereocenters. The van der Waals surface area contributed by atoms with Crippen LogP contribution in [0.2, 0.25) is 0 Å². The lowest BCUT2D eigenvalue weighted by molar-refractivity contribution is -0.384. The van der Waals surface area contributed by atoms with Gasteiger partial charge < -0.3 is 24.8 Å². The second-order valence-corrected chi connectivity index (χ2v) is 10.2. The Morgan fingerprint density at radius 1 is 0.974 bits per heavy atom. The zero-order valence-electron chi connectivity index (χ0n) is 21.5. The fourth-order valence-corrected chi connectivity index (χ4v) is 5.47. The minimum atomic E-state index is -3.34. The van der Waals surface area contributed by atoms with Crippen molar-refractivity contribution in [3.8, 4) is 0 Å². The van der Waals surface area contributed by atoms with Crippen molar-refractivity contribution in [2.24, 2.45) is 5.73 Å². The summed E-state index contributed by atoms with van der Waals surface area (Å²) in [6.07, 6.45) is -0.287. The largest absolute Gasteiger partial charge is 0.466 e. The van der Waals surface area contributed by atoms with Crippen LogP contribution in [0, 0.1) is 10.1 Å². The Hall–Kier alpha value is -3.60. The molecule has 0 spiro atoms. The number of carbonyl (C=O) groups excluding carboxylic acids is 3. The number of rotatable bonds is 15. The van der Waals surface area contributed by atoms with E-state index in [1.54, 1.807) is 32.9 Å². The molecule has 0 radical (unpaired) electrons. The van der Waals surface area contributed by atoms with E-state index < -0.39 is 42.3 Å². The predicted octanol–water partition coefficient (Wildman–Crippen LogP) is 3.68. The first-order chi connectivity index (χ1) is 18.0. The molecule has 2 atom stereocenters. The summed E-state index contributed by atoms with van der Waals surface area (Å²) < 4.78 is 28.4. The van der Waals surface area contributed by atoms with Gasteiger partial charge in [-0.05, 0) is 44.0 Å². The van der Waals surface area contributed by atoms with Crippen LogP contribution in [0.1, 0.15) is 54.6 Å². The normalized spacial score (nSPS) is 12.8. The van der Waals surface area contributed by atoms with Crippen LogP contribution in [0.4, 0.5) is 5.69 Å². The Morgan fingerprint density at radius 3 is 2.03 bits per heavy atom. The summed E-state index contributed by atoms with van der Waals surface area (Å²) >= 11 is 0. The average molecular weight is 550 g/mol. The van der Waals surface area contributed by atoms with Gasteiger partial charge in [0.2, 0.25) is 5.91 Å². The van der Waals surface area contributed by atoms with Crippen molar-refractivity contribution >= 4 is 31.1 Å². The molecule has 206 valence electrons. The molecule has 38 heavy (non-hydrogen) atoms. The van der Waals surface area contributed by atoms with Crippen LogP contribution in [-0.4, -0.2) is 48.6 Å². The van der Waals surface area contributed by atoms with Crippen molar-refractivity contribution < 1.29 is 37.7 Å². The molecule has 0 fully saturated rings. The Morgan fingerprint density at radius 2 is 1.55 bits per heavy atom. The minimum Gasteiger partial charge on any atom is -0.466 e. The van der Waals surface area contributed by atoms with Gasteiger partial charge in [0.15, 0.2) is 0 Å². The number of primary amides is 1. The van der Waals surface area contributed by atoms with Gasteiger partial charge in [-0.15, -0.1) is 0 Å². The maximum atomic E-state index is 13.0. The van der Waals surface area contributed by atoms with Crippen LogP contribution >= 0.6 is 7.60 Å². The maximum Gasteiger partial charge on any atom is 0.335 e. The van der Waals surface area contributed by atoms with E-state index in [0.717, 1.165) is 0 Å². The fourth-order valence-electron chi connectivity index (χ4n) is 3.77. The van der Waals surface area contributed by atoms with Crippen molar-refractivity contribution in [3.63, 3.8) is 0 Å². The molecule has 2 amide bonds. The number of nitro benzene ring substituents is 1. The number of benzene rings is 2. The van der Waals surface area contributed by atoms with Gasteiger partial charge in [0.1, 0.15) is 6.04 Å². The van der Waals surface area contributed by atoms with Crippen LogP contribution in [-0.2, 0) is 34.1 Å². The van der Waals surface area contributed by atoms with E-state index in [1.807, 2.05) is 0 Å². The van der Waals surface area contributed by atoms with Crippen LogP contribution in [0.25, 0.3) is 0 Å². The van der Waals surface area contributed by atoms with Crippen LogP contribution in [0.15, 0.2) is 48.5 Å². The SMILES string of the molecule is CCOC(=O)C[C@H](c1ccc([N+](=O)[O-])cc1)[C@H](NC(=O)c1ccc(CP(=O)(OCC)OCC)cc1)C(N)=O. The summed E-state index contributed by atoms with van der Waals surface area (Å²) in [5.74, 6) is -3.13. The number of esters is 1. The van der Waals surface area contributed by atoms with Crippen LogP contribution in [0.3, 0.4) is 0 Å². The molecule has 13 heteroatoms. The third-order valence-electron chi connectivity index (χ3n) is 5.46. The summed E-state index contributed by atoms with van der Waals surface area (Å²) in [6, 6.07) is 10.1. The minimum absolute atomic E-state index is 0.0161. The zero-order chi connectivity index (χ0) is 28.3. The lowest BCUT2D eigenvalue weighted by atomic mass is 9.87. The van der Waals surface area contributed by atoms with E-state index in [-0.39, 0.29) is 43.7 Å². The Balaban J connectivity index is 2.29. The molecule has 0 saturated carbocycles. The number of nitrogens with two attached hydrogens (primary N) is 1. The third-order valence-corrected chi connectivity index (χ3v) is 7.52. The van der Waals surface area contributed by atoms with Gasteiger partial charge in [0, 0.05) is 23.6 Å². The highest BCUT2D eigenvalue weighted by Crippen LogP contribution is 2.51. The van der Waals surface area contributed by atoms with E-state index in [1.165, 1.54) is 36.4 Å². The Bertz CT molecular complexity index is 1160. The summed E-state index contributed by atoms with van der Waals surface area (Å²) in [6.45, 7) is 5.57. The molecule has 0 aliphatic rings. The molecule has 0 bridgehead atoms. The van der Waals surface area contributed by atoms with Gasteiger partial charge in [-0.2, -0.15) is 0 Å². The van der Waals surface area contributed by atoms with Gasteiger partial charge in [-0.25, -0.2) is 0 Å². The quantitative estimate of drug-likeness (QED) is 0.145. The van der Waals surface area contributed by atoms with E-state index in [4.69, 9.17) is 19.5 Å². The van der Waals surface area contributed by atoms with E-state index in [9.17, 15) is 29.1 Å². The van der Waals surface area contributed by atoms with Crippen molar-refractivity contribution in [3.05, 3.63) is 75.3 Å². The second-order valence-electron chi connectivity index (χ2n) is 8.12. The zero-order valence-corrected chi connectivity index (χ0v) is 22.3. The monoisotopic (exact) mass is 549 g/mol. The van der Waals surface area contributed by atoms with Gasteiger partial charge in [-0.3, -0.25) is 29.1 Å². The molecule has 2 aromatic rings. The lowest BCUT2D eigenvalue weighted by Crippen LogP contribution is -2.48. The van der Waals surface area contributed by atoms with E-state index in [0.29, 0.717) is 11.1 Å². The number of amides is 2. The van der Waals surface area contributed by atoms with Gasteiger partial charge in [0.25, 0.3) is 11.6 Å². The summed E-state index contributed by atoms with van der Waals surface area (Å²) in [4.78, 5) is 48.2. The fraction of sp³-hybridized carbons (Fsp3) is 0.400. The molecule has 0 saturated heterocycles. The number of nitrogens with one attached hydrogen (secondary N) is 1. The molecule has 12 nitrogen and oxygen atoms in total. The first-order valence-corrected chi connectivity index (χ1v) is 13.7. The molecule has 2 aromatic carbocycles. The van der Waals surface area contributed by atoms with Gasteiger partial charge in [0.05, 0.1) is 37.3 Å². The molecule has 0 heterocycles. The molecule has 0 aromatic heterocycles. The standard InChI is InChI=1S/C25H32N3O9P/c1-4-35-22(29)15-21(18-11-13-20(14-12-18)28(32)33)23(24(26)30)27-25(31)19-9-7-17(8-10-19)16-38(34,36-5-2)37-6-3/h7-14,21,23H,4-6,15-16H2,1-3H3,(H2,26,30)(H,27,31)/t21-,23+/m1/s1. The van der Waals surface area contributed by atoms with Gasteiger partial charge in [-0.1, -0.05) is 24.3 Å². The number of hydrogen-bond donors (Lipinski definition) is 2. The number of non-ortho nitro benzene ring substituents is 1. The van der Waals surface area contributed by atoms with E-state index in [2.05, 4.69) is 5.32 Å². The van der Waals surface area contributed by atoms with Crippen molar-refractivity contribution in [2.75, 3.05) is 19.8 Å². The van der Waals surface area contributed by atoms with Crippen molar-refractivity contribution in [1.82, 2.24) is 5.32 Å². The second kappa shape index (κ2) is 14.4. The van der Waals surface area contributed by atoms with E-state index >= 15 is 0 Å². The van der Waals surface area contributed by atoms with Gasteiger partial charge >= 0.3 is 13.6 Å². The molecule has 0 aliphatic carbocycles. The lowest BCUT2D eigenvalue weighted by Gasteiger charge is -2.25. The number of nitro groups is 1. The van der Waals surface area contributed by atoms with Crippen LogP contribution in [0.5, 0.6) is 0 Å². The molecule has 3 N–H and O–H groups in total. The maximum absolute atomic E-state index is 13.0. The number of nitrogens with zero attached hydrogens (tertiary/aromatic N) is 1. The summed E-state index contributed by atoms with van der Waals surface area (Å²) in [5.41, 5.74) is 6.60. The highest BCUT2D eigenvalue weighted by atomic mass is 31.2. The van der Waals surface area contributed by atoms with Crippen molar-refractivity contribution in [1.29, 1.82) is 0 Å². The highest BCUT2D eigenvalue weighted by Gasteiger charge is 2.33. The Kier molecular flexibility index (Phi) is 11.6. The first-order valence-electron chi connectivity index (χ1n) is 12.0. The highest BCUT2D eigenvalue weighted by molar-refractivity contribution is 7.53. The average Bonchev–Trinajstić information content (AvgIpc) is 2.86. The number of hydrogen-bond acceptors (Lipinski definition) is 9. The number of carbonyl (C=O) groups is 3. The first kappa shape index (κ1) is 30.6.